The fourth-order valence-corrected chi connectivity index (χ4v) is 3.74. The molecule has 0 unspecified atom stereocenters. The number of halogens is 3. The minimum Gasteiger partial charge on any atom is -0.392 e. The minimum atomic E-state index is -4.41. The Bertz CT molecular complexity index is 948. The Hall–Kier alpha value is -2.39. The van der Waals surface area contributed by atoms with Gasteiger partial charge in [0.2, 0.25) is 0 Å². The van der Waals surface area contributed by atoms with E-state index in [2.05, 4.69) is 15.1 Å². The maximum Gasteiger partial charge on any atom is 0.408 e. The number of rotatable bonds is 3. The zero-order chi connectivity index (χ0) is 19.2. The van der Waals surface area contributed by atoms with Crippen molar-refractivity contribution in [1.82, 2.24) is 19.7 Å². The summed E-state index contributed by atoms with van der Waals surface area (Å²) >= 11 is 0. The molecule has 1 saturated carbocycles. The molecular formula is C18H20F3N5O. The van der Waals surface area contributed by atoms with E-state index in [0.29, 0.717) is 24.8 Å². The Kier molecular flexibility index (Phi) is 4.43. The molecule has 2 aromatic heterocycles. The van der Waals surface area contributed by atoms with Crippen molar-refractivity contribution in [3.8, 4) is 11.4 Å². The van der Waals surface area contributed by atoms with Crippen LogP contribution in [0.3, 0.4) is 0 Å². The van der Waals surface area contributed by atoms with E-state index in [0.717, 1.165) is 15.6 Å². The van der Waals surface area contributed by atoms with Crippen molar-refractivity contribution < 1.29 is 18.3 Å². The molecule has 0 radical (unpaired) electrons. The van der Waals surface area contributed by atoms with Crippen LogP contribution >= 0.6 is 0 Å². The summed E-state index contributed by atoms with van der Waals surface area (Å²) in [5, 5.41) is 14.8. The first-order chi connectivity index (χ1) is 12.8. The summed E-state index contributed by atoms with van der Waals surface area (Å²) in [5.74, 6) is 0.263. The predicted molar refractivity (Wildman–Crippen MR) is 93.9 cm³/mol. The standard InChI is InChI=1S/C18H20F3N5O/c19-18(20,21)9-26-17(10-5-6-15(27)13(22)7-10)24-16(25-26)12-8-23-14-4-2-1-3-11(12)14/h1-4,8,10,13,15,23,27H,5-7,9,22H2/t10-,13+,15+/m0/s1. The maximum absolute atomic E-state index is 13.1. The molecule has 0 aliphatic heterocycles. The summed E-state index contributed by atoms with van der Waals surface area (Å²) in [6.45, 7) is -1.20. The highest BCUT2D eigenvalue weighted by Gasteiger charge is 2.35. The van der Waals surface area contributed by atoms with Gasteiger partial charge in [-0.1, -0.05) is 18.2 Å². The van der Waals surface area contributed by atoms with Crippen LogP contribution in [0.4, 0.5) is 13.2 Å². The van der Waals surface area contributed by atoms with Crippen molar-refractivity contribution in [2.24, 2.45) is 5.73 Å². The van der Waals surface area contributed by atoms with E-state index in [9.17, 15) is 18.3 Å². The van der Waals surface area contributed by atoms with E-state index in [1.807, 2.05) is 24.3 Å². The van der Waals surface area contributed by atoms with E-state index in [1.54, 1.807) is 6.20 Å². The number of aliphatic hydroxyl groups is 1. The summed E-state index contributed by atoms with van der Waals surface area (Å²) in [6.07, 6.45) is -1.99. The number of H-pyrrole nitrogens is 1. The van der Waals surface area contributed by atoms with E-state index in [4.69, 9.17) is 5.73 Å². The Labute approximate surface area is 153 Å². The molecule has 0 bridgehead atoms. The van der Waals surface area contributed by atoms with E-state index in [1.165, 1.54) is 0 Å². The molecule has 0 saturated heterocycles. The Morgan fingerprint density at radius 3 is 2.78 bits per heavy atom. The number of benzene rings is 1. The number of nitrogens with zero attached hydrogens (tertiary/aromatic N) is 3. The third-order valence-corrected chi connectivity index (χ3v) is 5.09. The maximum atomic E-state index is 13.1. The first-order valence-corrected chi connectivity index (χ1v) is 8.83. The number of hydrogen-bond donors (Lipinski definition) is 3. The predicted octanol–water partition coefficient (Wildman–Crippen LogP) is 2.94. The normalized spacial score (nSPS) is 23.8. The summed E-state index contributed by atoms with van der Waals surface area (Å²) in [6, 6.07) is 7.01. The van der Waals surface area contributed by atoms with Crippen LogP contribution in [-0.4, -0.2) is 43.2 Å². The van der Waals surface area contributed by atoms with Crippen LogP contribution < -0.4 is 5.73 Å². The molecule has 1 aliphatic carbocycles. The van der Waals surface area contributed by atoms with Gasteiger partial charge in [-0.15, -0.1) is 0 Å². The van der Waals surface area contributed by atoms with Gasteiger partial charge in [0.15, 0.2) is 5.82 Å². The number of aliphatic hydroxyl groups excluding tert-OH is 1. The number of aromatic nitrogens is 4. The SMILES string of the molecule is N[C@@H]1C[C@@H](c2nc(-c3c[nH]c4ccccc34)nn2CC(F)(F)F)CC[C@H]1O. The molecule has 2 heterocycles. The van der Waals surface area contributed by atoms with Crippen molar-refractivity contribution in [3.63, 3.8) is 0 Å². The highest BCUT2D eigenvalue weighted by atomic mass is 19.4. The topological polar surface area (TPSA) is 92.8 Å². The lowest BCUT2D eigenvalue weighted by atomic mass is 9.83. The average Bonchev–Trinajstić information content (AvgIpc) is 3.20. The van der Waals surface area contributed by atoms with Crippen LogP contribution in [0.2, 0.25) is 0 Å². The number of nitrogens with one attached hydrogen (secondary N) is 1. The van der Waals surface area contributed by atoms with E-state index in [-0.39, 0.29) is 17.6 Å². The smallest absolute Gasteiger partial charge is 0.392 e. The number of fused-ring (bicyclic) bond motifs is 1. The zero-order valence-electron chi connectivity index (χ0n) is 14.4. The lowest BCUT2D eigenvalue weighted by Crippen LogP contribution is -2.40. The van der Waals surface area contributed by atoms with Crippen LogP contribution in [0.5, 0.6) is 0 Å². The third-order valence-electron chi connectivity index (χ3n) is 5.09. The van der Waals surface area contributed by atoms with Crippen LogP contribution in [0.15, 0.2) is 30.5 Å². The van der Waals surface area contributed by atoms with Crippen LogP contribution in [0, 0.1) is 0 Å². The van der Waals surface area contributed by atoms with Crippen molar-refractivity contribution >= 4 is 10.9 Å². The van der Waals surface area contributed by atoms with E-state index >= 15 is 0 Å². The molecule has 144 valence electrons. The summed E-state index contributed by atoms with van der Waals surface area (Å²) in [5.41, 5.74) is 7.45. The molecule has 4 rings (SSSR count). The quantitative estimate of drug-likeness (QED) is 0.652. The molecule has 4 N–H and O–H groups in total. The molecule has 9 heteroatoms. The van der Waals surface area contributed by atoms with Crippen LogP contribution in [-0.2, 0) is 6.54 Å². The van der Waals surface area contributed by atoms with Crippen LogP contribution in [0.25, 0.3) is 22.3 Å². The third kappa shape index (κ3) is 3.57. The number of hydrogen-bond acceptors (Lipinski definition) is 4. The molecule has 6 nitrogen and oxygen atoms in total. The number of aromatic amines is 1. The molecule has 0 spiro atoms. The summed E-state index contributed by atoms with van der Waals surface area (Å²) < 4.78 is 40.2. The lowest BCUT2D eigenvalue weighted by Gasteiger charge is -2.30. The monoisotopic (exact) mass is 379 g/mol. The molecular weight excluding hydrogens is 359 g/mol. The second kappa shape index (κ2) is 6.65. The molecule has 1 fully saturated rings. The second-order valence-corrected chi connectivity index (χ2v) is 7.06. The molecule has 1 aromatic carbocycles. The molecule has 1 aliphatic rings. The zero-order valence-corrected chi connectivity index (χ0v) is 14.4. The van der Waals surface area contributed by atoms with Gasteiger partial charge in [-0.3, -0.25) is 0 Å². The van der Waals surface area contributed by atoms with Crippen molar-refractivity contribution in [2.45, 2.75) is 50.0 Å². The number of para-hydroxylation sites is 1. The van der Waals surface area contributed by atoms with Gasteiger partial charge in [-0.25, -0.2) is 9.67 Å². The number of nitrogens with two attached hydrogens (primary N) is 1. The molecule has 3 atom stereocenters. The Balaban J connectivity index is 1.76. The summed E-state index contributed by atoms with van der Waals surface area (Å²) in [7, 11) is 0. The molecule has 3 aromatic rings. The first kappa shape index (κ1) is 18.0. The van der Waals surface area contributed by atoms with Crippen molar-refractivity contribution in [2.75, 3.05) is 0 Å². The Morgan fingerprint density at radius 2 is 2.04 bits per heavy atom. The fourth-order valence-electron chi connectivity index (χ4n) is 3.74. The van der Waals surface area contributed by atoms with Gasteiger partial charge < -0.3 is 15.8 Å². The molecule has 0 amide bonds. The molecule has 27 heavy (non-hydrogen) atoms. The second-order valence-electron chi connectivity index (χ2n) is 7.06. The van der Waals surface area contributed by atoms with Gasteiger partial charge in [-0.05, 0) is 25.3 Å². The highest BCUT2D eigenvalue weighted by molar-refractivity contribution is 5.93. The van der Waals surface area contributed by atoms with Gasteiger partial charge in [0.1, 0.15) is 12.4 Å². The van der Waals surface area contributed by atoms with Crippen LogP contribution in [0.1, 0.15) is 31.0 Å². The minimum absolute atomic E-state index is 0.256. The van der Waals surface area contributed by atoms with Gasteiger partial charge in [0.05, 0.1) is 6.10 Å². The van der Waals surface area contributed by atoms with Crippen molar-refractivity contribution in [3.05, 3.63) is 36.3 Å². The van der Waals surface area contributed by atoms with E-state index < -0.39 is 24.9 Å². The first-order valence-electron chi connectivity index (χ1n) is 8.83. The average molecular weight is 379 g/mol. The summed E-state index contributed by atoms with van der Waals surface area (Å²) in [4.78, 5) is 7.56. The fraction of sp³-hybridized carbons (Fsp3) is 0.444. The lowest BCUT2D eigenvalue weighted by molar-refractivity contribution is -0.143. The van der Waals surface area contributed by atoms with Gasteiger partial charge in [0, 0.05) is 34.6 Å². The number of alkyl halides is 3. The largest absolute Gasteiger partial charge is 0.408 e. The highest BCUT2D eigenvalue weighted by Crippen LogP contribution is 2.35. The van der Waals surface area contributed by atoms with Gasteiger partial charge >= 0.3 is 6.18 Å². The Morgan fingerprint density at radius 1 is 1.26 bits per heavy atom. The van der Waals surface area contributed by atoms with Crippen molar-refractivity contribution in [1.29, 1.82) is 0 Å². The van der Waals surface area contributed by atoms with Gasteiger partial charge in [0.25, 0.3) is 0 Å². The van der Waals surface area contributed by atoms with Gasteiger partial charge in [-0.2, -0.15) is 18.3 Å².